The van der Waals surface area contributed by atoms with Crippen molar-refractivity contribution in [2.75, 3.05) is 6.54 Å². The molecule has 17 heteroatoms. The van der Waals surface area contributed by atoms with E-state index in [1.54, 1.807) is 45.0 Å². The Morgan fingerprint density at radius 2 is 1.78 bits per heavy atom. The third kappa shape index (κ3) is 6.90. The zero-order valence-electron chi connectivity index (χ0n) is 29.6. The van der Waals surface area contributed by atoms with Crippen LogP contribution in [-0.4, -0.2) is 76.5 Å². The molecule has 2 aromatic heterocycles. The van der Waals surface area contributed by atoms with Crippen molar-refractivity contribution < 1.29 is 45.1 Å². The molecule has 0 radical (unpaired) electrons. The van der Waals surface area contributed by atoms with Gasteiger partial charge in [0.25, 0.3) is 11.8 Å². The first-order valence-corrected chi connectivity index (χ1v) is 19.0. The average molecular weight is 769 g/mol. The number of para-hydroxylation sites is 1. The molecule has 3 amide bonds. The molecule has 2 aliphatic carbocycles. The van der Waals surface area contributed by atoms with Gasteiger partial charge in [-0.3, -0.25) is 19.1 Å². The van der Waals surface area contributed by atoms with Gasteiger partial charge in [-0.2, -0.15) is 18.2 Å². The van der Waals surface area contributed by atoms with Crippen molar-refractivity contribution in [3.63, 3.8) is 0 Å². The fourth-order valence-electron chi connectivity index (χ4n) is 6.68. The molecule has 0 spiro atoms. The maximum Gasteiger partial charge on any atom is 0.416 e. The van der Waals surface area contributed by atoms with E-state index in [9.17, 15) is 36.0 Å². The van der Waals surface area contributed by atoms with Crippen LogP contribution in [0.4, 0.5) is 13.2 Å². The number of benzene rings is 2. The number of sulfonamides is 1. The van der Waals surface area contributed by atoms with Crippen molar-refractivity contribution in [1.29, 1.82) is 0 Å². The topological polar surface area (TPSA) is 187 Å². The monoisotopic (exact) mass is 768 g/mol. The highest BCUT2D eigenvalue weighted by molar-refractivity contribution is 7.91. The number of nitrogens with zero attached hydrogens (tertiary/aromatic N) is 3. The third-order valence-corrected chi connectivity index (χ3v) is 12.1. The molecule has 0 bridgehead atoms. The quantitative estimate of drug-likeness (QED) is 0.195. The van der Waals surface area contributed by atoms with Crippen LogP contribution in [0.25, 0.3) is 33.5 Å². The zero-order valence-corrected chi connectivity index (χ0v) is 30.5. The number of hydrogen-bond donors (Lipinski definition) is 3. The lowest BCUT2D eigenvalue weighted by Crippen LogP contribution is -2.59. The van der Waals surface area contributed by atoms with Crippen molar-refractivity contribution in [1.82, 2.24) is 24.9 Å². The molecular weight excluding hydrogens is 730 g/mol. The summed E-state index contributed by atoms with van der Waals surface area (Å²) in [6, 6.07) is 9.08. The minimum Gasteiger partial charge on any atom is -0.470 e. The molecule has 3 heterocycles. The van der Waals surface area contributed by atoms with E-state index in [1.165, 1.54) is 23.1 Å². The van der Waals surface area contributed by atoms with E-state index in [0.717, 1.165) is 12.1 Å². The molecule has 2 saturated carbocycles. The summed E-state index contributed by atoms with van der Waals surface area (Å²) in [6.07, 6.45) is -3.10. The van der Waals surface area contributed by atoms with E-state index < -0.39 is 79.8 Å². The fraction of sp³-hybridized carbons (Fsp3) is 0.432. The summed E-state index contributed by atoms with van der Waals surface area (Å²) in [6.45, 7) is 8.92. The smallest absolute Gasteiger partial charge is 0.416 e. The van der Waals surface area contributed by atoms with Crippen molar-refractivity contribution >= 4 is 49.8 Å². The Kier molecular flexibility index (Phi) is 9.03. The molecule has 3 fully saturated rings. The SMILES string of the molecule is C=C[C@@H]1C[C@]1(NC(=O)[C@@H]1C[C@@H](Oc2nc(-c3ccc(C(F)(F)F)cc3)nc3c2oc2ccccc23)CN1C(=O)[C@@H](N)C(C)(C)C)C(=O)NS(=O)(=O)C1CC1. The van der Waals surface area contributed by atoms with E-state index >= 15 is 0 Å². The Morgan fingerprint density at radius 1 is 1.09 bits per heavy atom. The maximum absolute atomic E-state index is 14.1. The van der Waals surface area contributed by atoms with E-state index in [2.05, 4.69) is 26.6 Å². The van der Waals surface area contributed by atoms with E-state index in [4.69, 9.17) is 14.9 Å². The summed E-state index contributed by atoms with van der Waals surface area (Å²) >= 11 is 0. The first-order chi connectivity index (χ1) is 25.3. The van der Waals surface area contributed by atoms with Crippen molar-refractivity contribution in [3.05, 3.63) is 66.7 Å². The van der Waals surface area contributed by atoms with Crippen molar-refractivity contribution in [2.45, 2.75) is 81.6 Å². The number of halogens is 3. The van der Waals surface area contributed by atoms with Crippen LogP contribution in [0.15, 0.2) is 65.6 Å². The first-order valence-electron chi connectivity index (χ1n) is 17.4. The largest absolute Gasteiger partial charge is 0.470 e. The van der Waals surface area contributed by atoms with Gasteiger partial charge in [0.05, 0.1) is 23.4 Å². The highest BCUT2D eigenvalue weighted by atomic mass is 32.2. The number of hydrogen-bond acceptors (Lipinski definition) is 10. The molecular formula is C37H39F3N6O7S. The Labute approximate surface area is 308 Å². The fourth-order valence-corrected chi connectivity index (χ4v) is 8.05. The summed E-state index contributed by atoms with van der Waals surface area (Å²) in [7, 11) is -3.93. The number of amides is 3. The van der Waals surface area contributed by atoms with E-state index in [-0.39, 0.29) is 42.2 Å². The molecule has 7 rings (SSSR count). The van der Waals surface area contributed by atoms with Crippen LogP contribution in [0.1, 0.15) is 52.0 Å². The summed E-state index contributed by atoms with van der Waals surface area (Å²) in [5.41, 5.74) is 4.44. The van der Waals surface area contributed by atoms with Crippen LogP contribution in [0.2, 0.25) is 0 Å². The number of nitrogens with two attached hydrogens (primary N) is 1. The summed E-state index contributed by atoms with van der Waals surface area (Å²) in [5.74, 6) is -2.74. The van der Waals surface area contributed by atoms with Gasteiger partial charge >= 0.3 is 6.18 Å². The van der Waals surface area contributed by atoms with Crippen LogP contribution in [0, 0.1) is 11.3 Å². The van der Waals surface area contributed by atoms with Gasteiger partial charge in [0.2, 0.25) is 27.4 Å². The average Bonchev–Trinajstić information content (AvgIpc) is 4.02. The lowest BCUT2D eigenvalue weighted by Gasteiger charge is -2.33. The highest BCUT2D eigenvalue weighted by Gasteiger charge is 2.62. The van der Waals surface area contributed by atoms with Crippen LogP contribution in [-0.2, 0) is 30.6 Å². The summed E-state index contributed by atoms with van der Waals surface area (Å²) in [4.78, 5) is 51.9. The Bertz CT molecular complexity index is 2280. The van der Waals surface area contributed by atoms with E-state index in [1.807, 2.05) is 0 Å². The molecule has 54 heavy (non-hydrogen) atoms. The Balaban J connectivity index is 1.22. The van der Waals surface area contributed by atoms with Crippen molar-refractivity contribution in [3.8, 4) is 17.3 Å². The van der Waals surface area contributed by atoms with Crippen LogP contribution < -0.4 is 20.5 Å². The molecule has 0 unspecified atom stereocenters. The highest BCUT2D eigenvalue weighted by Crippen LogP contribution is 2.46. The Morgan fingerprint density at radius 3 is 2.39 bits per heavy atom. The lowest BCUT2D eigenvalue weighted by atomic mass is 9.86. The van der Waals surface area contributed by atoms with Crippen LogP contribution in [0.3, 0.4) is 0 Å². The standard InChI is InChI=1S/C37H39F3N6O7S/c1-5-20-17-36(20,34(49)45-54(50,51)23-14-15-23)44-31(47)25-16-22(18-46(25)33(48)29(41)35(2,3)4)52-32-28-27(24-8-6-7-9-26(24)53-28)42-30(43-32)19-10-12-21(13-11-19)37(38,39)40/h5-13,20,22-23,25,29H,1,14-18,41H2,2-4H3,(H,44,47)(H,45,49)/t20-,22-,25+,29-,36-/m1/s1. The van der Waals surface area contributed by atoms with Crippen LogP contribution >= 0.6 is 0 Å². The van der Waals surface area contributed by atoms with Gasteiger partial charge in [0, 0.05) is 23.3 Å². The molecule has 286 valence electrons. The number of carbonyl (C=O) groups excluding carboxylic acids is 3. The van der Waals surface area contributed by atoms with Gasteiger partial charge in [-0.05, 0) is 48.9 Å². The number of nitrogens with one attached hydrogen (secondary N) is 2. The van der Waals surface area contributed by atoms with Crippen molar-refractivity contribution in [2.24, 2.45) is 17.1 Å². The number of alkyl halides is 3. The summed E-state index contributed by atoms with van der Waals surface area (Å²) in [5, 5.41) is 2.65. The van der Waals surface area contributed by atoms with Gasteiger partial charge in [0.15, 0.2) is 5.82 Å². The number of rotatable bonds is 10. The minimum absolute atomic E-state index is 0.0473. The van der Waals surface area contributed by atoms with Gasteiger partial charge in [-0.1, -0.05) is 51.1 Å². The molecule has 2 aromatic carbocycles. The second kappa shape index (κ2) is 13.1. The normalized spacial score (nSPS) is 23.6. The van der Waals surface area contributed by atoms with Gasteiger partial charge < -0.3 is 25.1 Å². The predicted octanol–water partition coefficient (Wildman–Crippen LogP) is 4.45. The third-order valence-electron chi connectivity index (χ3n) is 10.2. The molecule has 13 nitrogen and oxygen atoms in total. The molecule has 4 N–H and O–H groups in total. The number of aromatic nitrogens is 2. The lowest BCUT2D eigenvalue weighted by molar-refractivity contribution is -0.142. The second-order valence-electron chi connectivity index (χ2n) is 15.2. The molecule has 1 aliphatic heterocycles. The number of fused-ring (bicyclic) bond motifs is 3. The van der Waals surface area contributed by atoms with Gasteiger partial charge in [0.1, 0.15) is 28.8 Å². The minimum atomic E-state index is -4.55. The second-order valence-corrected chi connectivity index (χ2v) is 17.2. The van der Waals surface area contributed by atoms with Gasteiger partial charge in [-0.25, -0.2) is 13.4 Å². The number of furan rings is 1. The Hall–Kier alpha value is -5.03. The first kappa shape index (κ1) is 37.3. The predicted molar refractivity (Wildman–Crippen MR) is 191 cm³/mol. The van der Waals surface area contributed by atoms with E-state index in [0.29, 0.717) is 29.3 Å². The number of ether oxygens (including phenoxy) is 1. The van der Waals surface area contributed by atoms with Gasteiger partial charge in [-0.15, -0.1) is 6.58 Å². The number of likely N-dealkylation sites (tertiary alicyclic amines) is 1. The maximum atomic E-state index is 14.1. The molecule has 4 aromatic rings. The zero-order chi connectivity index (χ0) is 39.0. The molecule has 3 aliphatic rings. The molecule has 1 saturated heterocycles. The van der Waals surface area contributed by atoms with Crippen LogP contribution in [0.5, 0.6) is 5.88 Å². The number of carbonyl (C=O) groups is 3. The molecule has 5 atom stereocenters. The summed E-state index contributed by atoms with van der Waals surface area (Å²) < 4.78 is 79.9.